The molecule has 0 aromatic heterocycles. The Hall–Kier alpha value is -2.38. The van der Waals surface area contributed by atoms with E-state index in [-0.39, 0.29) is 36.2 Å². The molecule has 1 amide bonds. The third kappa shape index (κ3) is 6.80. The van der Waals surface area contributed by atoms with E-state index in [1.165, 1.54) is 13.5 Å². The standard InChI is InChI=1S/C24H33NO6/c1-29-24(28)18-11-9-17(10-12-18)19-15-21(23(27)25-20-7-3-2-4-8-20)31-22(16-19)30-14-6-5-13-26/h9-12,15,19-20,22,26H,2-8,13-14,16H2,1H3,(H,25,27)/t19-,22+/m1/s1. The molecule has 0 unspecified atom stereocenters. The number of carbonyl (C=O) groups excluding carboxylic acids is 2. The normalized spacial score (nSPS) is 21.7. The van der Waals surface area contributed by atoms with Crippen LogP contribution >= 0.6 is 0 Å². The molecule has 1 saturated carbocycles. The lowest BCUT2D eigenvalue weighted by atomic mass is 9.92. The summed E-state index contributed by atoms with van der Waals surface area (Å²) in [6.07, 6.45) is 8.75. The molecule has 31 heavy (non-hydrogen) atoms. The first-order chi connectivity index (χ1) is 15.1. The Morgan fingerprint density at radius 3 is 2.55 bits per heavy atom. The van der Waals surface area contributed by atoms with Crippen LogP contribution in [0.1, 0.15) is 73.2 Å². The minimum absolute atomic E-state index is 0.0737. The zero-order chi connectivity index (χ0) is 22.1. The van der Waals surface area contributed by atoms with Gasteiger partial charge in [-0.25, -0.2) is 4.79 Å². The average Bonchev–Trinajstić information content (AvgIpc) is 2.82. The highest BCUT2D eigenvalue weighted by molar-refractivity contribution is 5.92. The van der Waals surface area contributed by atoms with Crippen molar-refractivity contribution in [2.75, 3.05) is 20.3 Å². The van der Waals surface area contributed by atoms with Gasteiger partial charge in [0.25, 0.3) is 5.91 Å². The molecular formula is C24H33NO6. The first-order valence-corrected chi connectivity index (χ1v) is 11.2. The molecule has 0 bridgehead atoms. The van der Waals surface area contributed by atoms with Gasteiger partial charge in [0, 0.05) is 25.0 Å². The van der Waals surface area contributed by atoms with E-state index >= 15 is 0 Å². The number of benzene rings is 1. The van der Waals surface area contributed by atoms with E-state index in [1.54, 1.807) is 12.1 Å². The minimum Gasteiger partial charge on any atom is -0.465 e. The highest BCUT2D eigenvalue weighted by Crippen LogP contribution is 2.32. The maximum atomic E-state index is 12.9. The topological polar surface area (TPSA) is 94.1 Å². The van der Waals surface area contributed by atoms with Crippen LogP contribution in [-0.2, 0) is 19.0 Å². The van der Waals surface area contributed by atoms with E-state index < -0.39 is 6.29 Å². The number of hydrogen-bond donors (Lipinski definition) is 2. The number of methoxy groups -OCH3 is 1. The molecule has 0 spiro atoms. The molecule has 170 valence electrons. The monoisotopic (exact) mass is 431 g/mol. The van der Waals surface area contributed by atoms with Gasteiger partial charge >= 0.3 is 5.97 Å². The van der Waals surface area contributed by atoms with Crippen molar-refractivity contribution in [2.24, 2.45) is 0 Å². The largest absolute Gasteiger partial charge is 0.465 e. The van der Waals surface area contributed by atoms with Crippen LogP contribution in [0.4, 0.5) is 0 Å². The number of aliphatic hydroxyl groups is 1. The molecule has 2 N–H and O–H groups in total. The van der Waals surface area contributed by atoms with Gasteiger partial charge in [-0.2, -0.15) is 0 Å². The molecule has 1 aliphatic heterocycles. The molecule has 1 fully saturated rings. The predicted octanol–water partition coefficient (Wildman–Crippen LogP) is 3.43. The van der Waals surface area contributed by atoms with Crippen LogP contribution < -0.4 is 5.32 Å². The highest BCUT2D eigenvalue weighted by atomic mass is 16.7. The second-order valence-electron chi connectivity index (χ2n) is 8.14. The van der Waals surface area contributed by atoms with Gasteiger partial charge < -0.3 is 24.6 Å². The number of rotatable bonds is 9. The second-order valence-corrected chi connectivity index (χ2v) is 8.14. The lowest BCUT2D eigenvalue weighted by molar-refractivity contribution is -0.147. The number of nitrogens with one attached hydrogen (secondary N) is 1. The van der Waals surface area contributed by atoms with Gasteiger partial charge in [0.05, 0.1) is 19.3 Å². The first kappa shape index (κ1) is 23.3. The fourth-order valence-corrected chi connectivity index (χ4v) is 4.07. The van der Waals surface area contributed by atoms with Crippen LogP contribution in [0.25, 0.3) is 0 Å². The number of hydrogen-bond acceptors (Lipinski definition) is 6. The molecule has 2 aliphatic rings. The third-order valence-electron chi connectivity index (χ3n) is 5.84. The SMILES string of the molecule is COC(=O)c1ccc([C@@H]2C=C(C(=O)NC3CCCCC3)O[C@H](OCCCCO)C2)cc1. The van der Waals surface area contributed by atoms with E-state index in [2.05, 4.69) is 5.32 Å². The van der Waals surface area contributed by atoms with Gasteiger partial charge in [-0.15, -0.1) is 0 Å². The summed E-state index contributed by atoms with van der Waals surface area (Å²) in [4.78, 5) is 24.6. The lowest BCUT2D eigenvalue weighted by Crippen LogP contribution is -2.39. The Kier molecular flexibility index (Phi) is 8.91. The minimum atomic E-state index is -0.541. The van der Waals surface area contributed by atoms with Crippen molar-refractivity contribution in [3.05, 3.63) is 47.2 Å². The number of allylic oxidation sites excluding steroid dienone is 1. The zero-order valence-electron chi connectivity index (χ0n) is 18.2. The maximum absolute atomic E-state index is 12.9. The van der Waals surface area contributed by atoms with E-state index in [1.807, 2.05) is 18.2 Å². The predicted molar refractivity (Wildman–Crippen MR) is 115 cm³/mol. The summed E-state index contributed by atoms with van der Waals surface area (Å²) in [6.45, 7) is 0.579. The molecule has 0 saturated heterocycles. The van der Waals surface area contributed by atoms with Crippen LogP contribution in [0.15, 0.2) is 36.1 Å². The van der Waals surface area contributed by atoms with Crippen LogP contribution in [0, 0.1) is 0 Å². The van der Waals surface area contributed by atoms with Crippen LogP contribution in [0.2, 0.25) is 0 Å². The third-order valence-corrected chi connectivity index (χ3v) is 5.84. The van der Waals surface area contributed by atoms with Crippen molar-refractivity contribution >= 4 is 11.9 Å². The Bertz CT molecular complexity index is 754. The molecule has 0 radical (unpaired) electrons. The quantitative estimate of drug-likeness (QED) is 0.460. The molecule has 2 atom stereocenters. The van der Waals surface area contributed by atoms with Crippen molar-refractivity contribution < 1.29 is 28.9 Å². The van der Waals surface area contributed by atoms with Crippen LogP contribution in [0.5, 0.6) is 0 Å². The fraction of sp³-hybridized carbons (Fsp3) is 0.583. The Labute approximate surface area is 183 Å². The molecule has 7 heteroatoms. The van der Waals surface area contributed by atoms with Crippen LogP contribution in [0.3, 0.4) is 0 Å². The summed E-state index contributed by atoms with van der Waals surface area (Å²) < 4.78 is 16.5. The van der Waals surface area contributed by atoms with Gasteiger partial charge in [0.2, 0.25) is 6.29 Å². The van der Waals surface area contributed by atoms with E-state index in [0.29, 0.717) is 25.0 Å². The summed E-state index contributed by atoms with van der Waals surface area (Å²) in [5.41, 5.74) is 1.46. The van der Waals surface area contributed by atoms with E-state index in [9.17, 15) is 9.59 Å². The Morgan fingerprint density at radius 2 is 1.87 bits per heavy atom. The van der Waals surface area contributed by atoms with Crippen molar-refractivity contribution in [1.82, 2.24) is 5.32 Å². The van der Waals surface area contributed by atoms with E-state index in [4.69, 9.17) is 19.3 Å². The van der Waals surface area contributed by atoms with Crippen molar-refractivity contribution in [1.29, 1.82) is 0 Å². The van der Waals surface area contributed by atoms with Crippen molar-refractivity contribution in [2.45, 2.75) is 69.6 Å². The summed E-state index contributed by atoms with van der Waals surface area (Å²) >= 11 is 0. The summed E-state index contributed by atoms with van der Waals surface area (Å²) in [7, 11) is 1.35. The summed E-state index contributed by atoms with van der Waals surface area (Å²) in [6, 6.07) is 7.39. The van der Waals surface area contributed by atoms with Crippen LogP contribution in [-0.4, -0.2) is 49.6 Å². The number of aliphatic hydroxyl groups excluding tert-OH is 1. The van der Waals surface area contributed by atoms with E-state index in [0.717, 1.165) is 37.7 Å². The van der Waals surface area contributed by atoms with Gasteiger partial charge in [-0.3, -0.25) is 4.79 Å². The molecule has 1 heterocycles. The molecule has 1 aliphatic carbocycles. The smallest absolute Gasteiger partial charge is 0.337 e. The summed E-state index contributed by atoms with van der Waals surface area (Å²) in [5, 5.41) is 12.1. The first-order valence-electron chi connectivity index (χ1n) is 11.2. The van der Waals surface area contributed by atoms with Crippen molar-refractivity contribution in [3.63, 3.8) is 0 Å². The number of amides is 1. The number of ether oxygens (including phenoxy) is 3. The second kappa shape index (κ2) is 11.9. The molecular weight excluding hydrogens is 398 g/mol. The maximum Gasteiger partial charge on any atom is 0.337 e. The Balaban J connectivity index is 1.72. The molecule has 3 rings (SSSR count). The Morgan fingerprint density at radius 1 is 1.13 bits per heavy atom. The molecule has 1 aromatic carbocycles. The summed E-state index contributed by atoms with van der Waals surface area (Å²) in [5.74, 6) is -0.375. The van der Waals surface area contributed by atoms with Gasteiger partial charge in [-0.05, 0) is 49.5 Å². The molecule has 7 nitrogen and oxygen atoms in total. The van der Waals surface area contributed by atoms with Gasteiger partial charge in [-0.1, -0.05) is 31.4 Å². The zero-order valence-corrected chi connectivity index (χ0v) is 18.2. The highest BCUT2D eigenvalue weighted by Gasteiger charge is 2.30. The number of esters is 1. The van der Waals surface area contributed by atoms with Gasteiger partial charge in [0.1, 0.15) is 0 Å². The number of unbranched alkanes of at least 4 members (excludes halogenated alkanes) is 1. The van der Waals surface area contributed by atoms with Gasteiger partial charge in [0.15, 0.2) is 5.76 Å². The molecule has 1 aromatic rings. The average molecular weight is 432 g/mol. The fourth-order valence-electron chi connectivity index (χ4n) is 4.07. The number of carbonyl (C=O) groups is 2. The van der Waals surface area contributed by atoms with Crippen molar-refractivity contribution in [3.8, 4) is 0 Å². The lowest BCUT2D eigenvalue weighted by Gasteiger charge is -2.30.